The van der Waals surface area contributed by atoms with E-state index in [1.165, 1.54) is 12.1 Å². The predicted molar refractivity (Wildman–Crippen MR) is 114 cm³/mol. The maximum Gasteiger partial charge on any atom is 0.336 e. The van der Waals surface area contributed by atoms with Gasteiger partial charge in [0.2, 0.25) is 6.29 Å². The number of aryl methyl sites for hydroxylation is 1. The van der Waals surface area contributed by atoms with Crippen molar-refractivity contribution in [3.8, 4) is 5.75 Å². The maximum atomic E-state index is 11.7. The molecule has 35 heavy (non-hydrogen) atoms. The zero-order chi connectivity index (χ0) is 25.4. The highest BCUT2D eigenvalue weighted by atomic mass is 16.7. The molecule has 10 atom stereocenters. The molecule has 13 heteroatoms. The monoisotopic (exact) mass is 500 g/mol. The molecule has 2 aromatic rings. The average Bonchev–Trinajstić information content (AvgIpc) is 2.83. The molecular weight excluding hydrogens is 472 g/mol. The Hall–Kier alpha value is -2.17. The van der Waals surface area contributed by atoms with Gasteiger partial charge in [-0.2, -0.15) is 0 Å². The molecule has 0 amide bonds. The summed E-state index contributed by atoms with van der Waals surface area (Å²) in [5, 5.41) is 71.1. The van der Waals surface area contributed by atoms with Gasteiger partial charge in [-0.1, -0.05) is 0 Å². The Labute approximate surface area is 198 Å². The topological polar surface area (TPSA) is 209 Å². The van der Waals surface area contributed by atoms with E-state index in [9.17, 15) is 40.5 Å². The molecule has 0 spiro atoms. The third-order valence-corrected chi connectivity index (χ3v) is 6.14. The summed E-state index contributed by atoms with van der Waals surface area (Å²) in [4.78, 5) is 11.7. The van der Waals surface area contributed by atoms with Crippen molar-refractivity contribution in [3.05, 3.63) is 40.2 Å². The number of aliphatic hydroxyl groups excluding tert-OH is 7. The average molecular weight is 500 g/mol. The van der Waals surface area contributed by atoms with Gasteiger partial charge in [-0.3, -0.25) is 0 Å². The smallest absolute Gasteiger partial charge is 0.336 e. The van der Waals surface area contributed by atoms with Gasteiger partial charge in [0.1, 0.15) is 60.2 Å². The van der Waals surface area contributed by atoms with Gasteiger partial charge in [-0.05, 0) is 24.6 Å². The summed E-state index contributed by atoms with van der Waals surface area (Å²) < 4.78 is 27.1. The Balaban J connectivity index is 1.50. The van der Waals surface area contributed by atoms with E-state index in [4.69, 9.17) is 23.4 Å². The number of fused-ring (bicyclic) bond motifs is 1. The second-order valence-electron chi connectivity index (χ2n) is 8.53. The number of rotatable bonds is 6. The van der Waals surface area contributed by atoms with Crippen molar-refractivity contribution >= 4 is 11.0 Å². The van der Waals surface area contributed by atoms with E-state index < -0.39 is 80.3 Å². The molecule has 1 aromatic carbocycles. The molecule has 3 heterocycles. The normalized spacial score (nSPS) is 37.9. The van der Waals surface area contributed by atoms with Gasteiger partial charge < -0.3 is 59.1 Å². The summed E-state index contributed by atoms with van der Waals surface area (Å²) in [5.41, 5.74) is 0.381. The molecule has 2 fully saturated rings. The molecule has 0 saturated carbocycles. The lowest BCUT2D eigenvalue weighted by atomic mass is 9.97. The maximum absolute atomic E-state index is 11.7. The second-order valence-corrected chi connectivity index (χ2v) is 8.53. The summed E-state index contributed by atoms with van der Waals surface area (Å²) in [6.07, 6.45) is -15.6. The van der Waals surface area contributed by atoms with Crippen LogP contribution in [0, 0.1) is 6.92 Å². The first-order chi connectivity index (χ1) is 16.6. The first-order valence-corrected chi connectivity index (χ1v) is 10.9. The zero-order valence-corrected chi connectivity index (χ0v) is 18.6. The molecule has 4 unspecified atom stereocenters. The summed E-state index contributed by atoms with van der Waals surface area (Å²) in [6.45, 7) is 0.352. The molecule has 4 rings (SSSR count). The predicted octanol–water partition coefficient (Wildman–Crippen LogP) is -2.90. The fraction of sp³-hybridized carbons (Fsp3) is 0.591. The van der Waals surface area contributed by atoms with Gasteiger partial charge >= 0.3 is 5.63 Å². The molecule has 0 aliphatic carbocycles. The highest BCUT2D eigenvalue weighted by Gasteiger charge is 2.51. The van der Waals surface area contributed by atoms with Crippen LogP contribution in [-0.2, 0) is 14.2 Å². The van der Waals surface area contributed by atoms with E-state index >= 15 is 0 Å². The standard InChI is InChI=1S/C22H28O13/c1-8-4-14(25)32-11-5-9(2-3-10(8)11)31-21-19(30)17(28)20(13(7-24)34-21)35-22-18(29)16(27)15(26)12(6-23)33-22/h2-5,12-13,15-24,26-30H,6-7H2,1H3/t12?,13?,15-,16-,17+,18-,19-,20+,21?,22?/m0/s1. The minimum Gasteiger partial charge on any atom is -0.462 e. The zero-order valence-electron chi connectivity index (χ0n) is 18.6. The van der Waals surface area contributed by atoms with Crippen molar-refractivity contribution in [2.45, 2.75) is 68.3 Å². The van der Waals surface area contributed by atoms with Crippen LogP contribution in [0.2, 0.25) is 0 Å². The van der Waals surface area contributed by atoms with Gasteiger partial charge in [0.25, 0.3) is 0 Å². The molecule has 2 saturated heterocycles. The lowest BCUT2D eigenvalue weighted by Crippen LogP contribution is -2.65. The van der Waals surface area contributed by atoms with E-state index in [-0.39, 0.29) is 11.3 Å². The quantitative estimate of drug-likeness (QED) is 0.199. The van der Waals surface area contributed by atoms with E-state index in [1.807, 2.05) is 0 Å². The third-order valence-electron chi connectivity index (χ3n) is 6.14. The number of aliphatic hydroxyl groups is 7. The van der Waals surface area contributed by atoms with Crippen LogP contribution in [0.15, 0.2) is 33.5 Å². The molecule has 0 radical (unpaired) electrons. The molecule has 194 valence electrons. The molecule has 2 aliphatic rings. The fourth-order valence-corrected chi connectivity index (χ4v) is 4.17. The molecular formula is C22H28O13. The van der Waals surface area contributed by atoms with Crippen LogP contribution >= 0.6 is 0 Å². The fourth-order valence-electron chi connectivity index (χ4n) is 4.17. The minimum atomic E-state index is -1.76. The van der Waals surface area contributed by atoms with Crippen LogP contribution in [0.1, 0.15) is 5.56 Å². The Morgan fingerprint density at radius 3 is 2.17 bits per heavy atom. The van der Waals surface area contributed by atoms with Gasteiger partial charge in [0.15, 0.2) is 6.29 Å². The van der Waals surface area contributed by atoms with Crippen molar-refractivity contribution in [2.24, 2.45) is 0 Å². The molecule has 2 aliphatic heterocycles. The van der Waals surface area contributed by atoms with Crippen LogP contribution in [0.4, 0.5) is 0 Å². The largest absolute Gasteiger partial charge is 0.462 e. The Bertz CT molecular complexity index is 1070. The highest BCUT2D eigenvalue weighted by molar-refractivity contribution is 5.81. The van der Waals surface area contributed by atoms with E-state index in [0.29, 0.717) is 10.9 Å². The second kappa shape index (κ2) is 10.4. The number of ether oxygens (including phenoxy) is 4. The van der Waals surface area contributed by atoms with Crippen molar-refractivity contribution in [2.75, 3.05) is 13.2 Å². The van der Waals surface area contributed by atoms with E-state index in [2.05, 4.69) is 0 Å². The minimum absolute atomic E-state index is 0.146. The van der Waals surface area contributed by atoms with Crippen LogP contribution in [0.25, 0.3) is 11.0 Å². The van der Waals surface area contributed by atoms with Gasteiger partial charge in [0.05, 0.1) is 13.2 Å². The number of benzene rings is 1. The lowest BCUT2D eigenvalue weighted by molar-refractivity contribution is -0.352. The Morgan fingerprint density at radius 2 is 1.49 bits per heavy atom. The summed E-state index contributed by atoms with van der Waals surface area (Å²) in [6, 6.07) is 5.94. The SMILES string of the molecule is Cc1cc(=O)oc2cc(OC3OC(CO)[C@@H](OC4OC(CO)[C@H](O)[C@H](O)[C@@H]4O)[C@H](O)[C@@H]3O)ccc12. The highest BCUT2D eigenvalue weighted by Crippen LogP contribution is 2.31. The summed E-state index contributed by atoms with van der Waals surface area (Å²) in [5.74, 6) is 0.146. The van der Waals surface area contributed by atoms with Gasteiger partial charge in [-0.15, -0.1) is 0 Å². The van der Waals surface area contributed by atoms with Crippen molar-refractivity contribution in [1.29, 1.82) is 0 Å². The first-order valence-electron chi connectivity index (χ1n) is 10.9. The summed E-state index contributed by atoms with van der Waals surface area (Å²) in [7, 11) is 0. The number of hydrogen-bond acceptors (Lipinski definition) is 13. The van der Waals surface area contributed by atoms with Gasteiger partial charge in [0, 0.05) is 17.5 Å². The van der Waals surface area contributed by atoms with Crippen molar-refractivity contribution < 1.29 is 59.1 Å². The van der Waals surface area contributed by atoms with Crippen LogP contribution in [0.5, 0.6) is 5.75 Å². The molecule has 13 nitrogen and oxygen atoms in total. The third kappa shape index (κ3) is 5.06. The van der Waals surface area contributed by atoms with Crippen LogP contribution in [0.3, 0.4) is 0 Å². The van der Waals surface area contributed by atoms with Crippen LogP contribution < -0.4 is 10.4 Å². The molecule has 7 N–H and O–H groups in total. The Kier molecular flexibility index (Phi) is 7.73. The first kappa shape index (κ1) is 25.9. The summed E-state index contributed by atoms with van der Waals surface area (Å²) >= 11 is 0. The van der Waals surface area contributed by atoms with Crippen molar-refractivity contribution in [1.82, 2.24) is 0 Å². The van der Waals surface area contributed by atoms with Crippen molar-refractivity contribution in [3.63, 3.8) is 0 Å². The lowest BCUT2D eigenvalue weighted by Gasteiger charge is -2.45. The molecule has 1 aromatic heterocycles. The molecule has 0 bridgehead atoms. The van der Waals surface area contributed by atoms with Crippen LogP contribution in [-0.4, -0.2) is 110 Å². The Morgan fingerprint density at radius 1 is 0.829 bits per heavy atom. The number of hydrogen-bond donors (Lipinski definition) is 7. The van der Waals surface area contributed by atoms with E-state index in [0.717, 1.165) is 0 Å². The van der Waals surface area contributed by atoms with Gasteiger partial charge in [-0.25, -0.2) is 4.79 Å². The van der Waals surface area contributed by atoms with E-state index in [1.54, 1.807) is 19.1 Å².